The molecule has 0 unspecified atom stereocenters. The van der Waals surface area contributed by atoms with E-state index in [0.29, 0.717) is 13.0 Å². The van der Waals surface area contributed by atoms with E-state index in [4.69, 9.17) is 0 Å². The lowest BCUT2D eigenvalue weighted by Gasteiger charge is -2.25. The summed E-state index contributed by atoms with van der Waals surface area (Å²) in [7, 11) is 0. The van der Waals surface area contributed by atoms with Crippen molar-refractivity contribution in [2.24, 2.45) is 4.99 Å². The molecule has 0 aromatic rings. The van der Waals surface area contributed by atoms with Crippen molar-refractivity contribution >= 4 is 16.9 Å². The standard InChI is InChI=1S/C12H21F3N2S/c1-3-11(4-2)9-18-10(17-11)16-8-6-5-7-12(13,14)15/h3-9H2,1-2H3,(H,16,17). The van der Waals surface area contributed by atoms with Gasteiger partial charge < -0.3 is 5.32 Å². The molecule has 1 aliphatic rings. The molecule has 0 atom stereocenters. The lowest BCUT2D eigenvalue weighted by Crippen LogP contribution is -2.42. The van der Waals surface area contributed by atoms with E-state index in [1.165, 1.54) is 0 Å². The fourth-order valence-corrected chi connectivity index (χ4v) is 3.20. The molecule has 1 N–H and O–H groups in total. The summed E-state index contributed by atoms with van der Waals surface area (Å²) in [6, 6.07) is 0. The van der Waals surface area contributed by atoms with E-state index in [9.17, 15) is 13.2 Å². The van der Waals surface area contributed by atoms with E-state index in [1.54, 1.807) is 11.8 Å². The van der Waals surface area contributed by atoms with Gasteiger partial charge in [0.15, 0.2) is 5.17 Å². The van der Waals surface area contributed by atoms with Crippen molar-refractivity contribution in [2.45, 2.75) is 57.7 Å². The topological polar surface area (TPSA) is 24.4 Å². The number of hydrogen-bond donors (Lipinski definition) is 1. The minimum atomic E-state index is -4.03. The predicted molar refractivity (Wildman–Crippen MR) is 71.1 cm³/mol. The summed E-state index contributed by atoms with van der Waals surface area (Å²) in [6.45, 7) is 4.77. The third-order valence-corrected chi connectivity index (χ3v) is 4.54. The Morgan fingerprint density at radius 2 is 1.94 bits per heavy atom. The molecule has 1 rings (SSSR count). The minimum absolute atomic E-state index is 0.134. The maximum atomic E-state index is 11.9. The minimum Gasteiger partial charge on any atom is -0.359 e. The van der Waals surface area contributed by atoms with Gasteiger partial charge in [-0.05, 0) is 25.7 Å². The predicted octanol–water partition coefficient (Wildman–Crippen LogP) is 3.97. The van der Waals surface area contributed by atoms with Crippen molar-refractivity contribution in [2.75, 3.05) is 12.3 Å². The molecule has 0 spiro atoms. The normalized spacial score (nSPS) is 21.3. The van der Waals surface area contributed by atoms with Crippen LogP contribution in [0.1, 0.15) is 46.0 Å². The maximum absolute atomic E-state index is 11.9. The van der Waals surface area contributed by atoms with Crippen molar-refractivity contribution in [1.29, 1.82) is 0 Å². The Morgan fingerprint density at radius 1 is 1.28 bits per heavy atom. The zero-order valence-electron chi connectivity index (χ0n) is 10.9. The van der Waals surface area contributed by atoms with Gasteiger partial charge in [0, 0.05) is 24.3 Å². The SMILES string of the molecule is CCC1(CC)CSC(=NCCCCC(F)(F)F)N1. The molecule has 106 valence electrons. The van der Waals surface area contributed by atoms with Crippen molar-refractivity contribution in [3.63, 3.8) is 0 Å². The fraction of sp³-hybridized carbons (Fsp3) is 0.917. The van der Waals surface area contributed by atoms with Crippen LogP contribution in [0, 0.1) is 0 Å². The van der Waals surface area contributed by atoms with E-state index in [2.05, 4.69) is 24.2 Å². The van der Waals surface area contributed by atoms with Crippen molar-refractivity contribution < 1.29 is 13.2 Å². The van der Waals surface area contributed by atoms with E-state index in [1.807, 2.05) is 0 Å². The molecule has 1 aliphatic heterocycles. The van der Waals surface area contributed by atoms with E-state index in [-0.39, 0.29) is 12.0 Å². The molecule has 1 fully saturated rings. The highest BCUT2D eigenvalue weighted by Gasteiger charge is 2.33. The molecule has 0 aliphatic carbocycles. The second-order valence-electron chi connectivity index (χ2n) is 4.66. The molecular weight excluding hydrogens is 261 g/mol. The number of thioether (sulfide) groups is 1. The molecular formula is C12H21F3N2S. The molecule has 0 saturated carbocycles. The summed E-state index contributed by atoms with van der Waals surface area (Å²) in [5.41, 5.74) is 0.134. The summed E-state index contributed by atoms with van der Waals surface area (Å²) in [5, 5.41) is 4.30. The van der Waals surface area contributed by atoms with Crippen LogP contribution in [0.25, 0.3) is 0 Å². The lowest BCUT2D eigenvalue weighted by molar-refractivity contribution is -0.135. The van der Waals surface area contributed by atoms with Crippen molar-refractivity contribution in [1.82, 2.24) is 5.32 Å². The van der Waals surface area contributed by atoms with E-state index >= 15 is 0 Å². The van der Waals surface area contributed by atoms with Gasteiger partial charge in [0.05, 0.1) is 0 Å². The Kier molecular flexibility index (Phi) is 5.82. The van der Waals surface area contributed by atoms with E-state index < -0.39 is 12.6 Å². The van der Waals surface area contributed by atoms with Crippen LogP contribution in [0.5, 0.6) is 0 Å². The van der Waals surface area contributed by atoms with Crippen LogP contribution in [-0.4, -0.2) is 29.2 Å². The molecule has 1 saturated heterocycles. The summed E-state index contributed by atoms with van der Waals surface area (Å²) in [6.07, 6.45) is -1.99. The molecule has 6 heteroatoms. The number of nitrogens with zero attached hydrogens (tertiary/aromatic N) is 1. The zero-order chi connectivity index (χ0) is 13.6. The number of unbranched alkanes of at least 4 members (excludes halogenated alkanes) is 1. The van der Waals surface area contributed by atoms with Gasteiger partial charge in [0.2, 0.25) is 0 Å². The van der Waals surface area contributed by atoms with Gasteiger partial charge in [-0.3, -0.25) is 4.99 Å². The first-order valence-electron chi connectivity index (χ1n) is 6.43. The molecule has 18 heavy (non-hydrogen) atoms. The smallest absolute Gasteiger partial charge is 0.359 e. The number of alkyl halides is 3. The number of rotatable bonds is 6. The van der Waals surface area contributed by atoms with Crippen LogP contribution in [-0.2, 0) is 0 Å². The first kappa shape index (κ1) is 15.7. The Morgan fingerprint density at radius 3 is 2.44 bits per heavy atom. The van der Waals surface area contributed by atoms with Gasteiger partial charge in [-0.1, -0.05) is 25.6 Å². The van der Waals surface area contributed by atoms with Gasteiger partial charge in [0.1, 0.15) is 0 Å². The lowest BCUT2D eigenvalue weighted by atomic mass is 9.96. The van der Waals surface area contributed by atoms with Gasteiger partial charge in [-0.2, -0.15) is 13.2 Å². The van der Waals surface area contributed by atoms with Gasteiger partial charge in [-0.25, -0.2) is 0 Å². The number of nitrogens with one attached hydrogen (secondary N) is 1. The summed E-state index contributed by atoms with van der Waals surface area (Å²) in [5.74, 6) is 1.00. The summed E-state index contributed by atoms with van der Waals surface area (Å²) >= 11 is 1.68. The van der Waals surface area contributed by atoms with Gasteiger partial charge in [0.25, 0.3) is 0 Å². The molecule has 0 radical (unpaired) electrons. The zero-order valence-corrected chi connectivity index (χ0v) is 11.8. The average molecular weight is 282 g/mol. The average Bonchev–Trinajstić information content (AvgIpc) is 2.72. The van der Waals surface area contributed by atoms with Crippen LogP contribution in [0.15, 0.2) is 4.99 Å². The van der Waals surface area contributed by atoms with Crippen molar-refractivity contribution in [3.8, 4) is 0 Å². The van der Waals surface area contributed by atoms with Gasteiger partial charge >= 0.3 is 6.18 Å². The molecule has 0 aromatic heterocycles. The summed E-state index contributed by atoms with van der Waals surface area (Å²) < 4.78 is 35.8. The van der Waals surface area contributed by atoms with Crippen LogP contribution < -0.4 is 5.32 Å². The number of aliphatic imine (C=N–C) groups is 1. The Hall–Kier alpha value is -0.390. The molecule has 0 amide bonds. The fourth-order valence-electron chi connectivity index (χ4n) is 1.84. The molecule has 0 bridgehead atoms. The highest BCUT2D eigenvalue weighted by Crippen LogP contribution is 2.29. The van der Waals surface area contributed by atoms with Crippen LogP contribution in [0.2, 0.25) is 0 Å². The third kappa shape index (κ3) is 5.08. The Bertz CT molecular complexity index is 286. The number of amidine groups is 1. The molecule has 0 aromatic carbocycles. The Labute approximate surface area is 111 Å². The van der Waals surface area contributed by atoms with E-state index in [0.717, 1.165) is 23.8 Å². The summed E-state index contributed by atoms with van der Waals surface area (Å²) in [4.78, 5) is 4.34. The molecule has 2 nitrogen and oxygen atoms in total. The highest BCUT2D eigenvalue weighted by molar-refractivity contribution is 8.14. The first-order chi connectivity index (χ1) is 8.41. The number of hydrogen-bond acceptors (Lipinski definition) is 2. The largest absolute Gasteiger partial charge is 0.389 e. The Balaban J connectivity index is 2.25. The highest BCUT2D eigenvalue weighted by atomic mass is 32.2. The third-order valence-electron chi connectivity index (χ3n) is 3.33. The second kappa shape index (κ2) is 6.68. The van der Waals surface area contributed by atoms with Crippen molar-refractivity contribution in [3.05, 3.63) is 0 Å². The monoisotopic (exact) mass is 282 g/mol. The molecule has 1 heterocycles. The van der Waals surface area contributed by atoms with Crippen LogP contribution >= 0.6 is 11.8 Å². The first-order valence-corrected chi connectivity index (χ1v) is 7.41. The maximum Gasteiger partial charge on any atom is 0.389 e. The number of halogens is 3. The quantitative estimate of drug-likeness (QED) is 0.745. The second-order valence-corrected chi connectivity index (χ2v) is 5.62. The van der Waals surface area contributed by atoms with Gasteiger partial charge in [-0.15, -0.1) is 0 Å². The van der Waals surface area contributed by atoms with Crippen LogP contribution in [0.4, 0.5) is 13.2 Å². The van der Waals surface area contributed by atoms with Crippen LogP contribution in [0.3, 0.4) is 0 Å².